The van der Waals surface area contributed by atoms with Gasteiger partial charge < -0.3 is 4.84 Å². The molecule has 0 aromatic carbocycles. The number of oxime groups is 1. The fraction of sp³-hybridized carbons (Fsp3) is 0.929. The van der Waals surface area contributed by atoms with Crippen LogP contribution in [0.2, 0.25) is 0 Å². The molecule has 2 heteroatoms. The van der Waals surface area contributed by atoms with Gasteiger partial charge in [-0.05, 0) is 31.1 Å². The van der Waals surface area contributed by atoms with Gasteiger partial charge in [-0.1, -0.05) is 45.7 Å². The van der Waals surface area contributed by atoms with Crippen LogP contribution < -0.4 is 0 Å². The lowest BCUT2D eigenvalue weighted by molar-refractivity contribution is 0.141. The van der Waals surface area contributed by atoms with Crippen molar-refractivity contribution in [3.63, 3.8) is 0 Å². The Bertz CT molecular complexity index is 221. The molecule has 0 radical (unpaired) electrons. The summed E-state index contributed by atoms with van der Waals surface area (Å²) in [6.07, 6.45) is 7.45. The summed E-state index contributed by atoms with van der Waals surface area (Å²) < 4.78 is 0. The molecule has 16 heavy (non-hydrogen) atoms. The molecule has 0 aromatic rings. The van der Waals surface area contributed by atoms with Crippen LogP contribution in [-0.4, -0.2) is 12.3 Å². The summed E-state index contributed by atoms with van der Waals surface area (Å²) in [5.74, 6) is 0.691. The topological polar surface area (TPSA) is 21.6 Å². The van der Waals surface area contributed by atoms with Gasteiger partial charge >= 0.3 is 0 Å². The minimum atomic E-state index is 0.316. The van der Waals surface area contributed by atoms with E-state index < -0.39 is 0 Å². The summed E-state index contributed by atoms with van der Waals surface area (Å²) >= 11 is 0. The van der Waals surface area contributed by atoms with Crippen LogP contribution in [0.4, 0.5) is 0 Å². The Morgan fingerprint density at radius 3 is 2.38 bits per heavy atom. The van der Waals surface area contributed by atoms with Crippen molar-refractivity contribution in [2.24, 2.45) is 16.5 Å². The predicted molar refractivity (Wildman–Crippen MR) is 69.7 cm³/mol. The van der Waals surface area contributed by atoms with E-state index in [9.17, 15) is 0 Å². The Morgan fingerprint density at radius 1 is 1.25 bits per heavy atom. The first-order valence-electron chi connectivity index (χ1n) is 6.71. The average Bonchev–Trinajstić information content (AvgIpc) is 2.67. The van der Waals surface area contributed by atoms with Crippen LogP contribution in [0.3, 0.4) is 0 Å². The van der Waals surface area contributed by atoms with Gasteiger partial charge in [0, 0.05) is 5.92 Å². The Balaban J connectivity index is 2.56. The highest BCUT2D eigenvalue weighted by molar-refractivity contribution is 5.87. The fourth-order valence-corrected chi connectivity index (χ4v) is 2.27. The van der Waals surface area contributed by atoms with Crippen molar-refractivity contribution < 1.29 is 4.84 Å². The van der Waals surface area contributed by atoms with E-state index in [4.69, 9.17) is 4.84 Å². The molecule has 94 valence electrons. The summed E-state index contributed by atoms with van der Waals surface area (Å²) in [5.41, 5.74) is 1.62. The van der Waals surface area contributed by atoms with Crippen molar-refractivity contribution in [1.29, 1.82) is 0 Å². The number of hydrogen-bond acceptors (Lipinski definition) is 2. The summed E-state index contributed by atoms with van der Waals surface area (Å²) in [5, 5.41) is 4.40. The van der Waals surface area contributed by atoms with Crippen molar-refractivity contribution in [2.75, 3.05) is 6.61 Å². The van der Waals surface area contributed by atoms with Gasteiger partial charge in [0.25, 0.3) is 0 Å². The highest BCUT2D eigenvalue weighted by Gasteiger charge is 2.25. The van der Waals surface area contributed by atoms with Crippen molar-refractivity contribution in [3.05, 3.63) is 0 Å². The molecular formula is C14H27NO. The van der Waals surface area contributed by atoms with E-state index in [0.717, 1.165) is 19.4 Å². The molecule has 1 rings (SSSR count). The molecule has 0 aliphatic heterocycles. The maximum absolute atomic E-state index is 5.39. The lowest BCUT2D eigenvalue weighted by Gasteiger charge is -2.22. The largest absolute Gasteiger partial charge is 0.396 e. The zero-order valence-corrected chi connectivity index (χ0v) is 11.4. The van der Waals surface area contributed by atoms with Crippen LogP contribution in [0.1, 0.15) is 66.2 Å². The van der Waals surface area contributed by atoms with Gasteiger partial charge in [-0.25, -0.2) is 0 Å². The summed E-state index contributed by atoms with van der Waals surface area (Å²) in [6.45, 7) is 9.70. The summed E-state index contributed by atoms with van der Waals surface area (Å²) in [4.78, 5) is 5.39. The van der Waals surface area contributed by atoms with Crippen molar-refractivity contribution in [3.8, 4) is 0 Å². The second kappa shape index (κ2) is 6.27. The van der Waals surface area contributed by atoms with Gasteiger partial charge in [0.15, 0.2) is 0 Å². The molecule has 0 N–H and O–H groups in total. The molecule has 0 saturated heterocycles. The summed E-state index contributed by atoms with van der Waals surface area (Å²) in [6, 6.07) is 0. The molecule has 1 aliphatic carbocycles. The van der Waals surface area contributed by atoms with Crippen LogP contribution in [0.25, 0.3) is 0 Å². The van der Waals surface area contributed by atoms with Gasteiger partial charge in [0.1, 0.15) is 6.61 Å². The molecule has 2 nitrogen and oxygen atoms in total. The molecule has 0 unspecified atom stereocenters. The van der Waals surface area contributed by atoms with E-state index in [-0.39, 0.29) is 0 Å². The first-order valence-corrected chi connectivity index (χ1v) is 6.71. The second-order valence-electron chi connectivity index (χ2n) is 6.13. The molecule has 0 heterocycles. The number of hydrogen-bond donors (Lipinski definition) is 0. The molecule has 0 spiro atoms. The highest BCUT2D eigenvalue weighted by Crippen LogP contribution is 2.31. The van der Waals surface area contributed by atoms with E-state index in [0.29, 0.717) is 11.3 Å². The van der Waals surface area contributed by atoms with E-state index in [2.05, 4.69) is 32.9 Å². The van der Waals surface area contributed by atoms with Crippen LogP contribution in [0, 0.1) is 11.3 Å². The highest BCUT2D eigenvalue weighted by atomic mass is 16.6. The molecule has 1 fully saturated rings. The third-order valence-corrected chi connectivity index (χ3v) is 3.02. The van der Waals surface area contributed by atoms with E-state index >= 15 is 0 Å². The van der Waals surface area contributed by atoms with Crippen molar-refractivity contribution >= 4 is 5.71 Å². The molecule has 0 atom stereocenters. The van der Waals surface area contributed by atoms with Crippen molar-refractivity contribution in [1.82, 2.24) is 0 Å². The normalized spacial score (nSPS) is 19.1. The maximum atomic E-state index is 5.39. The molecule has 0 aromatic heterocycles. The lowest BCUT2D eigenvalue weighted by Crippen LogP contribution is -2.20. The lowest BCUT2D eigenvalue weighted by atomic mass is 9.84. The third-order valence-electron chi connectivity index (χ3n) is 3.02. The zero-order valence-electron chi connectivity index (χ0n) is 11.4. The van der Waals surface area contributed by atoms with Crippen LogP contribution in [-0.2, 0) is 4.84 Å². The van der Waals surface area contributed by atoms with E-state index in [1.54, 1.807) is 0 Å². The van der Waals surface area contributed by atoms with Gasteiger partial charge in [-0.2, -0.15) is 0 Å². The minimum absolute atomic E-state index is 0.316. The smallest absolute Gasteiger partial charge is 0.116 e. The zero-order chi connectivity index (χ0) is 12.0. The van der Waals surface area contributed by atoms with Gasteiger partial charge in [0.2, 0.25) is 0 Å². The quantitative estimate of drug-likeness (QED) is 0.386. The summed E-state index contributed by atoms with van der Waals surface area (Å²) in [7, 11) is 0. The Kier molecular flexibility index (Phi) is 5.30. The SMILES string of the molecule is CCCO/N=C(\CC(C)(C)C)C1CCCC1. The predicted octanol–water partition coefficient (Wildman–Crippen LogP) is 4.40. The Hall–Kier alpha value is -0.530. The molecule has 1 saturated carbocycles. The van der Waals surface area contributed by atoms with Gasteiger partial charge in [0.05, 0.1) is 5.71 Å². The second-order valence-corrected chi connectivity index (χ2v) is 6.13. The maximum Gasteiger partial charge on any atom is 0.116 e. The molecule has 0 bridgehead atoms. The first kappa shape index (κ1) is 13.5. The van der Waals surface area contributed by atoms with Crippen LogP contribution in [0.15, 0.2) is 5.16 Å². The van der Waals surface area contributed by atoms with Crippen LogP contribution in [0.5, 0.6) is 0 Å². The Labute approximate surface area is 100 Å². The molecule has 0 amide bonds. The molecular weight excluding hydrogens is 198 g/mol. The average molecular weight is 225 g/mol. The third kappa shape index (κ3) is 5.00. The first-order chi connectivity index (χ1) is 7.53. The minimum Gasteiger partial charge on any atom is -0.396 e. The Morgan fingerprint density at radius 2 is 1.88 bits per heavy atom. The van der Waals surface area contributed by atoms with Gasteiger partial charge in [-0.15, -0.1) is 0 Å². The van der Waals surface area contributed by atoms with Gasteiger partial charge in [-0.3, -0.25) is 0 Å². The molecule has 1 aliphatic rings. The standard InChI is InChI=1S/C14H27NO/c1-5-10-16-15-13(11-14(2,3)4)12-8-6-7-9-12/h12H,5-11H2,1-4H3/b15-13+. The van der Waals surface area contributed by atoms with Crippen LogP contribution >= 0.6 is 0 Å². The van der Waals surface area contributed by atoms with E-state index in [1.807, 2.05) is 0 Å². The van der Waals surface area contributed by atoms with E-state index in [1.165, 1.54) is 31.4 Å². The fourth-order valence-electron chi connectivity index (χ4n) is 2.27. The monoisotopic (exact) mass is 225 g/mol. The number of rotatable bonds is 5. The number of nitrogens with zero attached hydrogens (tertiary/aromatic N) is 1. The van der Waals surface area contributed by atoms with Crippen molar-refractivity contribution in [2.45, 2.75) is 66.2 Å².